The van der Waals surface area contributed by atoms with Gasteiger partial charge in [-0.3, -0.25) is 9.59 Å². The van der Waals surface area contributed by atoms with E-state index >= 15 is 0 Å². The van der Waals surface area contributed by atoms with Gasteiger partial charge >= 0.3 is 12.6 Å². The highest BCUT2D eigenvalue weighted by atomic mass is 35.5. The molecule has 1 atom stereocenters. The molecule has 0 heterocycles. The van der Waals surface area contributed by atoms with Crippen LogP contribution < -0.4 is 14.8 Å². The first-order chi connectivity index (χ1) is 15.0. The average molecular weight is 491 g/mol. The molecule has 0 aromatic heterocycles. The van der Waals surface area contributed by atoms with Crippen molar-refractivity contribution in [2.24, 2.45) is 5.92 Å². The molecule has 2 aromatic carbocycles. The normalized spacial score (nSPS) is 12.5. The van der Waals surface area contributed by atoms with Crippen LogP contribution in [0.3, 0.4) is 0 Å². The van der Waals surface area contributed by atoms with Gasteiger partial charge in [-0.1, -0.05) is 37.6 Å². The summed E-state index contributed by atoms with van der Waals surface area (Å²) in [6, 6.07) is 9.53. The number of esters is 1. The molecule has 1 amide bonds. The van der Waals surface area contributed by atoms with Crippen LogP contribution >= 0.6 is 11.6 Å². The SMILES string of the molecule is CC(C)[C@H](NS(=O)(=O)c1ccc(Cl)cc1)C(=O)OCC(=O)Nc1ccccc1OC(F)F. The maximum atomic E-state index is 12.6. The van der Waals surface area contributed by atoms with E-state index in [0.29, 0.717) is 5.02 Å². The van der Waals surface area contributed by atoms with Gasteiger partial charge < -0.3 is 14.8 Å². The van der Waals surface area contributed by atoms with Crippen LogP contribution in [0.25, 0.3) is 0 Å². The molecule has 0 spiro atoms. The van der Waals surface area contributed by atoms with Crippen LogP contribution in [0.2, 0.25) is 5.02 Å². The Bertz CT molecular complexity index is 1050. The van der Waals surface area contributed by atoms with Crippen LogP contribution in [-0.4, -0.2) is 39.6 Å². The number of hydrogen-bond acceptors (Lipinski definition) is 6. The third kappa shape index (κ3) is 7.43. The summed E-state index contributed by atoms with van der Waals surface area (Å²) in [5.74, 6) is -2.58. The number of benzene rings is 2. The van der Waals surface area contributed by atoms with Gasteiger partial charge in [0, 0.05) is 5.02 Å². The quantitative estimate of drug-likeness (QED) is 0.494. The van der Waals surface area contributed by atoms with Crippen molar-refractivity contribution in [3.8, 4) is 5.75 Å². The highest BCUT2D eigenvalue weighted by Gasteiger charge is 2.30. The lowest BCUT2D eigenvalue weighted by molar-refractivity contribution is -0.150. The third-order valence-corrected chi connectivity index (χ3v) is 5.76. The number of amides is 1. The molecule has 0 radical (unpaired) electrons. The molecular formula is C20H21ClF2N2O6S. The number of halogens is 3. The van der Waals surface area contributed by atoms with Gasteiger partial charge in [0.1, 0.15) is 11.8 Å². The molecule has 12 heteroatoms. The molecule has 8 nitrogen and oxygen atoms in total. The van der Waals surface area contributed by atoms with Crippen LogP contribution in [0.4, 0.5) is 14.5 Å². The molecule has 0 aliphatic rings. The number of alkyl halides is 2. The standard InChI is InChI=1S/C20H21ClF2N2O6S/c1-12(2)18(25-32(28,29)14-9-7-13(21)8-10-14)19(27)30-11-17(26)24-15-5-3-4-6-16(15)31-20(22)23/h3-10,12,18,20,25H,11H2,1-2H3,(H,24,26)/t18-/m0/s1. The first-order valence-electron chi connectivity index (χ1n) is 9.28. The minimum atomic E-state index is -4.07. The van der Waals surface area contributed by atoms with E-state index in [4.69, 9.17) is 16.3 Å². The number of anilines is 1. The lowest BCUT2D eigenvalue weighted by atomic mass is 10.1. The number of carbonyl (C=O) groups excluding carboxylic acids is 2. The predicted octanol–water partition coefficient (Wildman–Crippen LogP) is 3.43. The molecule has 174 valence electrons. The fraction of sp³-hybridized carbons (Fsp3) is 0.300. The Morgan fingerprint density at radius 3 is 2.28 bits per heavy atom. The van der Waals surface area contributed by atoms with Gasteiger partial charge in [0.05, 0.1) is 10.6 Å². The smallest absolute Gasteiger partial charge is 0.387 e. The summed E-state index contributed by atoms with van der Waals surface area (Å²) >= 11 is 5.76. The van der Waals surface area contributed by atoms with Gasteiger partial charge in [-0.15, -0.1) is 0 Å². The molecule has 2 rings (SSSR count). The van der Waals surface area contributed by atoms with E-state index in [-0.39, 0.29) is 16.3 Å². The Labute approximate surface area is 188 Å². The summed E-state index contributed by atoms with van der Waals surface area (Å²) in [4.78, 5) is 24.4. The van der Waals surface area contributed by atoms with Crippen LogP contribution in [0.5, 0.6) is 5.75 Å². The van der Waals surface area contributed by atoms with Crippen molar-refractivity contribution in [1.29, 1.82) is 0 Å². The summed E-state index contributed by atoms with van der Waals surface area (Å²) in [6.07, 6.45) is 0. The van der Waals surface area contributed by atoms with Crippen molar-refractivity contribution in [1.82, 2.24) is 4.72 Å². The summed E-state index contributed by atoms with van der Waals surface area (Å²) < 4.78 is 61.5. The van der Waals surface area contributed by atoms with E-state index in [1.165, 1.54) is 48.5 Å². The van der Waals surface area contributed by atoms with Gasteiger partial charge in [0.15, 0.2) is 6.61 Å². The molecule has 0 aliphatic carbocycles. The predicted molar refractivity (Wildman–Crippen MR) is 113 cm³/mol. The van der Waals surface area contributed by atoms with Gasteiger partial charge in [-0.2, -0.15) is 13.5 Å². The Balaban J connectivity index is 2.01. The maximum Gasteiger partial charge on any atom is 0.387 e. The molecule has 2 aromatic rings. The first kappa shape index (κ1) is 25.5. The van der Waals surface area contributed by atoms with E-state index < -0.39 is 47.1 Å². The number of para-hydroxylation sites is 2. The molecule has 0 saturated carbocycles. The number of hydrogen-bond donors (Lipinski definition) is 2. The Morgan fingerprint density at radius 2 is 1.69 bits per heavy atom. The number of nitrogens with one attached hydrogen (secondary N) is 2. The van der Waals surface area contributed by atoms with E-state index in [0.717, 1.165) is 0 Å². The molecule has 2 N–H and O–H groups in total. The molecule has 32 heavy (non-hydrogen) atoms. The Kier molecular flexibility index (Phi) is 8.93. The van der Waals surface area contributed by atoms with Crippen molar-refractivity contribution >= 4 is 39.2 Å². The number of sulfonamides is 1. The molecule has 0 fully saturated rings. The zero-order valence-electron chi connectivity index (χ0n) is 17.0. The molecular weight excluding hydrogens is 470 g/mol. The van der Waals surface area contributed by atoms with Gasteiger partial charge in [0.2, 0.25) is 10.0 Å². The van der Waals surface area contributed by atoms with E-state index in [2.05, 4.69) is 14.8 Å². The summed E-state index contributed by atoms with van der Waals surface area (Å²) in [7, 11) is -4.07. The fourth-order valence-electron chi connectivity index (χ4n) is 2.49. The second kappa shape index (κ2) is 11.2. The lowest BCUT2D eigenvalue weighted by Crippen LogP contribution is -2.45. The molecule has 0 unspecified atom stereocenters. The van der Waals surface area contributed by atoms with E-state index in [1.54, 1.807) is 13.8 Å². The van der Waals surface area contributed by atoms with Gasteiger partial charge in [0.25, 0.3) is 5.91 Å². The minimum Gasteiger partial charge on any atom is -0.454 e. The maximum absolute atomic E-state index is 12.6. The highest BCUT2D eigenvalue weighted by molar-refractivity contribution is 7.89. The summed E-state index contributed by atoms with van der Waals surface area (Å²) in [5.41, 5.74) is -0.0438. The van der Waals surface area contributed by atoms with Crippen LogP contribution in [0.1, 0.15) is 13.8 Å². The van der Waals surface area contributed by atoms with E-state index in [9.17, 15) is 26.8 Å². The average Bonchev–Trinajstić information content (AvgIpc) is 2.71. The molecule has 0 aliphatic heterocycles. The number of carbonyl (C=O) groups is 2. The summed E-state index contributed by atoms with van der Waals surface area (Å²) in [5, 5.41) is 2.64. The lowest BCUT2D eigenvalue weighted by Gasteiger charge is -2.21. The zero-order chi connectivity index (χ0) is 23.9. The Morgan fingerprint density at radius 1 is 1.06 bits per heavy atom. The summed E-state index contributed by atoms with van der Waals surface area (Å²) in [6.45, 7) is -0.678. The monoisotopic (exact) mass is 490 g/mol. The van der Waals surface area contributed by atoms with Crippen molar-refractivity contribution in [3.63, 3.8) is 0 Å². The molecule has 0 saturated heterocycles. The molecule has 0 bridgehead atoms. The van der Waals surface area contributed by atoms with Gasteiger partial charge in [-0.05, 0) is 42.3 Å². The number of ether oxygens (including phenoxy) is 2. The first-order valence-corrected chi connectivity index (χ1v) is 11.1. The topological polar surface area (TPSA) is 111 Å². The number of rotatable bonds is 10. The fourth-order valence-corrected chi connectivity index (χ4v) is 3.95. The van der Waals surface area contributed by atoms with Crippen molar-refractivity contribution in [2.45, 2.75) is 31.4 Å². The zero-order valence-corrected chi connectivity index (χ0v) is 18.6. The van der Waals surface area contributed by atoms with Crippen LogP contribution in [0.15, 0.2) is 53.4 Å². The minimum absolute atomic E-state index is 0.0438. The van der Waals surface area contributed by atoms with Crippen molar-refractivity contribution in [3.05, 3.63) is 53.6 Å². The van der Waals surface area contributed by atoms with Crippen LogP contribution in [0, 0.1) is 5.92 Å². The van der Waals surface area contributed by atoms with Crippen LogP contribution in [-0.2, 0) is 24.3 Å². The van der Waals surface area contributed by atoms with Crippen molar-refractivity contribution < 1.29 is 36.3 Å². The largest absolute Gasteiger partial charge is 0.454 e. The van der Waals surface area contributed by atoms with Gasteiger partial charge in [-0.25, -0.2) is 8.42 Å². The van der Waals surface area contributed by atoms with Crippen molar-refractivity contribution in [2.75, 3.05) is 11.9 Å². The third-order valence-electron chi connectivity index (χ3n) is 4.05. The van der Waals surface area contributed by atoms with E-state index in [1.807, 2.05) is 0 Å². The Hall–Kier alpha value is -2.76. The highest BCUT2D eigenvalue weighted by Crippen LogP contribution is 2.25. The second-order valence-electron chi connectivity index (χ2n) is 6.83. The second-order valence-corrected chi connectivity index (χ2v) is 8.98.